The number of benzene rings is 1. The van der Waals surface area contributed by atoms with E-state index >= 15 is 0 Å². The summed E-state index contributed by atoms with van der Waals surface area (Å²) < 4.78 is 12.7. The van der Waals surface area contributed by atoms with Crippen molar-refractivity contribution < 1.29 is 14.3 Å². The van der Waals surface area contributed by atoms with Crippen molar-refractivity contribution in [3.63, 3.8) is 0 Å². The lowest BCUT2D eigenvalue weighted by Crippen LogP contribution is -2.42. The number of aromatic nitrogens is 3. The Morgan fingerprint density at radius 1 is 1.06 bits per heavy atom. The number of morpholine rings is 1. The number of nitrogens with one attached hydrogen (secondary N) is 1. The van der Waals surface area contributed by atoms with Gasteiger partial charge >= 0.3 is 0 Å². The highest BCUT2D eigenvalue weighted by molar-refractivity contribution is 5.94. The van der Waals surface area contributed by atoms with E-state index in [0.29, 0.717) is 18.8 Å². The molecule has 5 rings (SSSR count). The van der Waals surface area contributed by atoms with E-state index in [1.807, 2.05) is 47.1 Å². The van der Waals surface area contributed by atoms with Crippen LogP contribution < -0.4 is 10.1 Å². The lowest BCUT2D eigenvalue weighted by molar-refractivity contribution is 0.0326. The second-order valence-corrected chi connectivity index (χ2v) is 9.26. The van der Waals surface area contributed by atoms with E-state index in [1.165, 1.54) is 0 Å². The van der Waals surface area contributed by atoms with Gasteiger partial charge in [-0.3, -0.25) is 24.3 Å². The summed E-state index contributed by atoms with van der Waals surface area (Å²) in [6.45, 7) is 8.25. The first-order valence-corrected chi connectivity index (χ1v) is 12.6. The fourth-order valence-corrected chi connectivity index (χ4v) is 4.81. The van der Waals surface area contributed by atoms with Crippen molar-refractivity contribution in [2.24, 2.45) is 0 Å². The zero-order chi connectivity index (χ0) is 24.7. The monoisotopic (exact) mass is 490 g/mol. The molecule has 1 N–H and O–H groups in total. The first-order chi connectivity index (χ1) is 17.7. The summed E-state index contributed by atoms with van der Waals surface area (Å²) in [6, 6.07) is 13.6. The number of amides is 1. The van der Waals surface area contributed by atoms with Crippen LogP contribution in [0.4, 0.5) is 0 Å². The number of nitrogens with zero attached hydrogens (tertiary/aromatic N) is 5. The summed E-state index contributed by atoms with van der Waals surface area (Å²) in [5.74, 6) is 0.654. The summed E-state index contributed by atoms with van der Waals surface area (Å²) in [6.07, 6.45) is 2.66. The molecular formula is C27H34N6O3. The van der Waals surface area contributed by atoms with E-state index in [-0.39, 0.29) is 5.91 Å². The molecule has 0 atom stereocenters. The van der Waals surface area contributed by atoms with Gasteiger partial charge in [-0.2, -0.15) is 5.10 Å². The molecule has 1 fully saturated rings. The summed E-state index contributed by atoms with van der Waals surface area (Å²) in [7, 11) is 1.64. The predicted octanol–water partition coefficient (Wildman–Crippen LogP) is 1.96. The van der Waals surface area contributed by atoms with Crippen molar-refractivity contribution in [1.82, 2.24) is 29.9 Å². The normalized spacial score (nSPS) is 16.5. The number of hydrogen-bond donors (Lipinski definition) is 1. The van der Waals surface area contributed by atoms with Gasteiger partial charge < -0.3 is 14.8 Å². The molecule has 190 valence electrons. The van der Waals surface area contributed by atoms with Gasteiger partial charge in [0.2, 0.25) is 0 Å². The van der Waals surface area contributed by atoms with E-state index in [4.69, 9.17) is 14.6 Å². The van der Waals surface area contributed by atoms with Crippen LogP contribution in [0.25, 0.3) is 0 Å². The van der Waals surface area contributed by atoms with Crippen LogP contribution in [0.1, 0.15) is 33.0 Å². The third kappa shape index (κ3) is 5.92. The van der Waals surface area contributed by atoms with Crippen LogP contribution in [0.5, 0.6) is 5.75 Å². The maximum Gasteiger partial charge on any atom is 0.272 e. The lowest BCUT2D eigenvalue weighted by Gasteiger charge is -2.32. The van der Waals surface area contributed by atoms with Crippen molar-refractivity contribution >= 4 is 5.91 Å². The molecule has 0 aliphatic carbocycles. The molecule has 36 heavy (non-hydrogen) atoms. The van der Waals surface area contributed by atoms with Crippen molar-refractivity contribution in [1.29, 1.82) is 0 Å². The Hall–Kier alpha value is -3.27. The van der Waals surface area contributed by atoms with Crippen LogP contribution in [0.15, 0.2) is 48.7 Å². The van der Waals surface area contributed by atoms with Gasteiger partial charge in [0, 0.05) is 69.7 Å². The van der Waals surface area contributed by atoms with Crippen LogP contribution in [0.2, 0.25) is 0 Å². The Kier molecular flexibility index (Phi) is 7.90. The zero-order valence-electron chi connectivity index (χ0n) is 20.9. The Balaban J connectivity index is 1.31. The smallest absolute Gasteiger partial charge is 0.272 e. The number of rotatable bonds is 9. The molecule has 1 saturated heterocycles. The van der Waals surface area contributed by atoms with E-state index in [2.05, 4.69) is 20.1 Å². The molecular weight excluding hydrogens is 456 g/mol. The second kappa shape index (κ2) is 11.6. The van der Waals surface area contributed by atoms with Gasteiger partial charge in [0.15, 0.2) is 5.69 Å². The molecule has 0 spiro atoms. The highest BCUT2D eigenvalue weighted by atomic mass is 16.5. The molecule has 9 nitrogen and oxygen atoms in total. The van der Waals surface area contributed by atoms with E-state index in [1.54, 1.807) is 13.3 Å². The summed E-state index contributed by atoms with van der Waals surface area (Å²) >= 11 is 0. The average Bonchev–Trinajstić information content (AvgIpc) is 3.29. The van der Waals surface area contributed by atoms with Gasteiger partial charge in [-0.25, -0.2) is 0 Å². The van der Waals surface area contributed by atoms with Gasteiger partial charge in [0.25, 0.3) is 5.91 Å². The van der Waals surface area contributed by atoms with Crippen molar-refractivity contribution in [2.45, 2.75) is 26.1 Å². The minimum atomic E-state index is -0.142. The van der Waals surface area contributed by atoms with E-state index in [9.17, 15) is 4.79 Å². The topological polar surface area (TPSA) is 84.7 Å². The van der Waals surface area contributed by atoms with Gasteiger partial charge in [-0.1, -0.05) is 18.2 Å². The van der Waals surface area contributed by atoms with Crippen molar-refractivity contribution in [3.8, 4) is 5.75 Å². The number of carbonyl (C=O) groups is 1. The highest BCUT2D eigenvalue weighted by Gasteiger charge is 2.28. The number of carbonyl (C=O) groups excluding carboxylic acids is 1. The number of pyridine rings is 1. The summed E-state index contributed by atoms with van der Waals surface area (Å²) in [4.78, 5) is 22.7. The van der Waals surface area contributed by atoms with Gasteiger partial charge in [-0.15, -0.1) is 0 Å². The molecule has 0 unspecified atom stereocenters. The fraction of sp³-hybridized carbons (Fsp3) is 0.444. The first-order valence-electron chi connectivity index (χ1n) is 12.6. The third-order valence-corrected chi connectivity index (χ3v) is 6.91. The Morgan fingerprint density at radius 2 is 1.86 bits per heavy atom. The molecule has 2 aromatic heterocycles. The van der Waals surface area contributed by atoms with Gasteiger partial charge in [-0.05, 0) is 29.8 Å². The Bertz CT molecular complexity index is 1140. The molecule has 1 aromatic carbocycles. The van der Waals surface area contributed by atoms with E-state index in [0.717, 1.165) is 87.2 Å². The summed E-state index contributed by atoms with van der Waals surface area (Å²) in [5, 5.41) is 7.87. The molecule has 9 heteroatoms. The average molecular weight is 491 g/mol. The molecule has 0 radical (unpaired) electrons. The van der Waals surface area contributed by atoms with Crippen LogP contribution in [-0.4, -0.2) is 83.5 Å². The lowest BCUT2D eigenvalue weighted by atomic mass is 10.0. The number of fused-ring (bicyclic) bond motifs is 1. The quantitative estimate of drug-likeness (QED) is 0.491. The number of methoxy groups -OCH3 is 1. The van der Waals surface area contributed by atoms with Crippen molar-refractivity contribution in [3.05, 3.63) is 76.9 Å². The predicted molar refractivity (Wildman–Crippen MR) is 136 cm³/mol. The van der Waals surface area contributed by atoms with Crippen LogP contribution in [0, 0.1) is 0 Å². The van der Waals surface area contributed by atoms with Crippen LogP contribution >= 0.6 is 0 Å². The minimum absolute atomic E-state index is 0.142. The molecule has 4 heterocycles. The fourth-order valence-electron chi connectivity index (χ4n) is 4.81. The molecule has 0 saturated carbocycles. The highest BCUT2D eigenvalue weighted by Crippen LogP contribution is 2.24. The minimum Gasteiger partial charge on any atom is -0.497 e. The number of ether oxygens (including phenoxy) is 2. The molecule has 0 bridgehead atoms. The van der Waals surface area contributed by atoms with Crippen LogP contribution in [0.3, 0.4) is 0 Å². The standard InChI is InChI=1S/C27H34N6O3/c1-35-23-7-5-21(6-8-23)18-29-27(34)26-24-20-32(13-12-31-14-16-36-17-15-31)11-9-25(24)33(30-26)19-22-4-2-3-10-28-22/h2-8,10H,9,11-20H2,1H3,(H,29,34). The molecule has 3 aromatic rings. The second-order valence-electron chi connectivity index (χ2n) is 9.26. The van der Waals surface area contributed by atoms with Gasteiger partial charge in [0.1, 0.15) is 5.75 Å². The molecule has 1 amide bonds. The van der Waals surface area contributed by atoms with Crippen LogP contribution in [-0.2, 0) is 30.8 Å². The van der Waals surface area contributed by atoms with E-state index < -0.39 is 0 Å². The SMILES string of the molecule is COc1ccc(CNC(=O)c2nn(Cc3ccccn3)c3c2CN(CCN2CCOCC2)CC3)cc1. The van der Waals surface area contributed by atoms with Gasteiger partial charge in [0.05, 0.1) is 32.6 Å². The Morgan fingerprint density at radius 3 is 2.61 bits per heavy atom. The maximum absolute atomic E-state index is 13.3. The number of hydrogen-bond acceptors (Lipinski definition) is 7. The third-order valence-electron chi connectivity index (χ3n) is 6.91. The van der Waals surface area contributed by atoms with Crippen molar-refractivity contribution in [2.75, 3.05) is 53.0 Å². The summed E-state index contributed by atoms with van der Waals surface area (Å²) in [5.41, 5.74) is 4.63. The molecule has 2 aliphatic rings. The Labute approximate surface area is 212 Å². The molecule has 2 aliphatic heterocycles. The maximum atomic E-state index is 13.3. The largest absolute Gasteiger partial charge is 0.497 e. The first kappa shape index (κ1) is 24.4. The zero-order valence-corrected chi connectivity index (χ0v) is 20.9.